The molecule has 0 fully saturated rings. The van der Waals surface area contributed by atoms with Gasteiger partial charge in [0.25, 0.3) is 0 Å². The van der Waals surface area contributed by atoms with E-state index in [4.69, 9.17) is 10.8 Å². The Morgan fingerprint density at radius 2 is 1.83 bits per heavy atom. The summed E-state index contributed by atoms with van der Waals surface area (Å²) in [6, 6.07) is 5.21. The lowest BCUT2D eigenvalue weighted by Gasteiger charge is -2.28. The van der Waals surface area contributed by atoms with E-state index in [1.807, 2.05) is 0 Å². The molecular weight excluding hydrogens is 249 g/mol. The number of halogens is 3. The van der Waals surface area contributed by atoms with Gasteiger partial charge in [0.1, 0.15) is 11.3 Å². The number of benzene rings is 1. The third-order valence-electron chi connectivity index (χ3n) is 2.58. The number of carbonyl (C=O) groups excluding carboxylic acids is 1. The summed E-state index contributed by atoms with van der Waals surface area (Å²) < 4.78 is 36.5. The average molecular weight is 262 g/mol. The smallest absolute Gasteiger partial charge is 0.401 e. The molecular formula is C11H13F3N2O2. The van der Waals surface area contributed by atoms with Gasteiger partial charge in [-0.15, -0.1) is 0 Å². The first kappa shape index (κ1) is 14.3. The first-order valence-electron chi connectivity index (χ1n) is 5.06. The Balaban J connectivity index is 3.00. The van der Waals surface area contributed by atoms with Crippen molar-refractivity contribution in [2.75, 3.05) is 6.54 Å². The van der Waals surface area contributed by atoms with E-state index in [0.29, 0.717) is 0 Å². The molecule has 1 aromatic rings. The van der Waals surface area contributed by atoms with Gasteiger partial charge < -0.3 is 10.8 Å². The number of amides is 1. The largest absolute Gasteiger partial charge is 0.508 e. The average Bonchev–Trinajstić information content (AvgIpc) is 2.25. The lowest BCUT2D eigenvalue weighted by Crippen LogP contribution is -2.53. The minimum Gasteiger partial charge on any atom is -0.508 e. The minimum absolute atomic E-state index is 0.0543. The number of phenols is 1. The van der Waals surface area contributed by atoms with Gasteiger partial charge in [0, 0.05) is 0 Å². The number of carbonyl (C=O) groups is 1. The number of aromatic hydroxyl groups is 1. The zero-order chi connectivity index (χ0) is 14.0. The van der Waals surface area contributed by atoms with E-state index in [1.165, 1.54) is 31.2 Å². The second kappa shape index (κ2) is 4.85. The Labute approximate surface area is 102 Å². The fourth-order valence-electron chi connectivity index (χ4n) is 1.40. The van der Waals surface area contributed by atoms with Gasteiger partial charge in [-0.2, -0.15) is 13.2 Å². The number of phenolic OH excluding ortho intramolecular Hbond substituents is 1. The molecule has 100 valence electrons. The van der Waals surface area contributed by atoms with Gasteiger partial charge in [-0.25, -0.2) is 0 Å². The molecule has 0 aliphatic heterocycles. The van der Waals surface area contributed by atoms with Gasteiger partial charge in [0.05, 0.1) is 6.54 Å². The predicted octanol–water partition coefficient (Wildman–Crippen LogP) is 1.24. The van der Waals surface area contributed by atoms with Crippen LogP contribution >= 0.6 is 0 Å². The fraction of sp³-hybridized carbons (Fsp3) is 0.364. The first-order valence-corrected chi connectivity index (χ1v) is 5.06. The molecule has 0 aliphatic carbocycles. The molecule has 4 nitrogen and oxygen atoms in total. The van der Waals surface area contributed by atoms with Crippen LogP contribution < -0.4 is 11.1 Å². The zero-order valence-electron chi connectivity index (χ0n) is 9.58. The molecule has 1 atom stereocenters. The quantitative estimate of drug-likeness (QED) is 0.764. The monoisotopic (exact) mass is 262 g/mol. The van der Waals surface area contributed by atoms with Crippen molar-refractivity contribution < 1.29 is 23.1 Å². The van der Waals surface area contributed by atoms with Crippen molar-refractivity contribution in [2.45, 2.75) is 18.6 Å². The Kier molecular flexibility index (Phi) is 3.85. The number of hydrogen-bond acceptors (Lipinski definition) is 3. The molecule has 0 aromatic heterocycles. The first-order chi connectivity index (χ1) is 8.15. The summed E-state index contributed by atoms with van der Waals surface area (Å²) in [5.41, 5.74) is 3.74. The normalized spacial score (nSPS) is 15.1. The van der Waals surface area contributed by atoms with Crippen molar-refractivity contribution in [1.29, 1.82) is 0 Å². The highest BCUT2D eigenvalue weighted by molar-refractivity contribution is 5.85. The van der Waals surface area contributed by atoms with E-state index >= 15 is 0 Å². The van der Waals surface area contributed by atoms with Crippen LogP contribution in [0.3, 0.4) is 0 Å². The van der Waals surface area contributed by atoms with Gasteiger partial charge in [0.15, 0.2) is 0 Å². The van der Waals surface area contributed by atoms with E-state index in [2.05, 4.69) is 5.32 Å². The molecule has 0 aliphatic rings. The maximum atomic E-state index is 12.2. The molecule has 7 heteroatoms. The Morgan fingerprint density at radius 1 is 1.33 bits per heavy atom. The molecule has 18 heavy (non-hydrogen) atoms. The number of alkyl halides is 3. The topological polar surface area (TPSA) is 75.3 Å². The van der Waals surface area contributed by atoms with Crippen molar-refractivity contribution in [3.8, 4) is 5.75 Å². The summed E-state index contributed by atoms with van der Waals surface area (Å²) >= 11 is 0. The summed E-state index contributed by atoms with van der Waals surface area (Å²) in [6.45, 7) is -0.0826. The van der Waals surface area contributed by atoms with Crippen LogP contribution in [0.4, 0.5) is 13.2 Å². The van der Waals surface area contributed by atoms with Gasteiger partial charge >= 0.3 is 6.18 Å². The molecule has 1 aromatic carbocycles. The number of nitrogens with one attached hydrogen (secondary N) is 1. The molecule has 0 heterocycles. The van der Waals surface area contributed by atoms with E-state index in [0.717, 1.165) is 0 Å². The molecule has 0 bridgehead atoms. The minimum atomic E-state index is -4.45. The van der Waals surface area contributed by atoms with Gasteiger partial charge in [-0.1, -0.05) is 12.1 Å². The van der Waals surface area contributed by atoms with E-state index < -0.39 is 24.2 Å². The second-order valence-corrected chi connectivity index (χ2v) is 4.00. The highest BCUT2D eigenvalue weighted by Crippen LogP contribution is 2.24. The maximum Gasteiger partial charge on any atom is 0.401 e. The van der Waals surface area contributed by atoms with Crippen molar-refractivity contribution in [2.24, 2.45) is 5.73 Å². The summed E-state index contributed by atoms with van der Waals surface area (Å²) in [7, 11) is 0. The number of nitrogens with two attached hydrogens (primary N) is 1. The van der Waals surface area contributed by atoms with Gasteiger partial charge in [-0.3, -0.25) is 10.1 Å². The number of rotatable bonds is 4. The number of primary amides is 1. The lowest BCUT2D eigenvalue weighted by molar-refractivity contribution is -0.135. The highest BCUT2D eigenvalue weighted by Gasteiger charge is 2.37. The van der Waals surface area contributed by atoms with Gasteiger partial charge in [-0.05, 0) is 24.6 Å². The van der Waals surface area contributed by atoms with Crippen molar-refractivity contribution in [3.63, 3.8) is 0 Å². The zero-order valence-corrected chi connectivity index (χ0v) is 9.58. The summed E-state index contributed by atoms with van der Waals surface area (Å²) in [5, 5.41) is 11.2. The Hall–Kier alpha value is -1.76. The maximum absolute atomic E-state index is 12.2. The van der Waals surface area contributed by atoms with Crippen LogP contribution in [0.5, 0.6) is 5.75 Å². The van der Waals surface area contributed by atoms with Crippen LogP contribution in [0, 0.1) is 0 Å². The summed E-state index contributed by atoms with van der Waals surface area (Å²) in [4.78, 5) is 11.4. The predicted molar refractivity (Wildman–Crippen MR) is 58.7 cm³/mol. The molecule has 1 unspecified atom stereocenters. The standard InChI is InChI=1S/C11H13F3N2O2/c1-10(9(15)18,16-6-11(12,13)14)7-2-4-8(17)5-3-7/h2-5,16-17H,6H2,1H3,(H2,15,18). The third-order valence-corrected chi connectivity index (χ3v) is 2.58. The van der Waals surface area contributed by atoms with Crippen LogP contribution in [0.1, 0.15) is 12.5 Å². The molecule has 0 spiro atoms. The molecule has 1 rings (SSSR count). The van der Waals surface area contributed by atoms with E-state index in [-0.39, 0.29) is 11.3 Å². The SMILES string of the molecule is CC(NCC(F)(F)F)(C(N)=O)c1ccc(O)cc1. The number of hydrogen-bond donors (Lipinski definition) is 3. The van der Waals surface area contributed by atoms with E-state index in [1.54, 1.807) is 0 Å². The van der Waals surface area contributed by atoms with Crippen molar-refractivity contribution in [3.05, 3.63) is 29.8 Å². The molecule has 0 radical (unpaired) electrons. The van der Waals surface area contributed by atoms with Crippen LogP contribution in [0.25, 0.3) is 0 Å². The fourth-order valence-corrected chi connectivity index (χ4v) is 1.40. The second-order valence-electron chi connectivity index (χ2n) is 4.00. The van der Waals surface area contributed by atoms with Gasteiger partial charge in [0.2, 0.25) is 5.91 Å². The molecule has 1 amide bonds. The molecule has 4 N–H and O–H groups in total. The van der Waals surface area contributed by atoms with Crippen molar-refractivity contribution >= 4 is 5.91 Å². The van der Waals surface area contributed by atoms with Crippen molar-refractivity contribution in [1.82, 2.24) is 5.32 Å². The third kappa shape index (κ3) is 3.36. The van der Waals surface area contributed by atoms with Crippen LogP contribution in [0.15, 0.2) is 24.3 Å². The molecule has 0 saturated heterocycles. The van der Waals surface area contributed by atoms with E-state index in [9.17, 15) is 18.0 Å². The van der Waals surface area contributed by atoms with Crippen LogP contribution in [0.2, 0.25) is 0 Å². The summed E-state index contributed by atoms with van der Waals surface area (Å²) in [6.07, 6.45) is -4.45. The Bertz CT molecular complexity index is 431. The highest BCUT2D eigenvalue weighted by atomic mass is 19.4. The Morgan fingerprint density at radius 3 is 2.22 bits per heavy atom. The van der Waals surface area contributed by atoms with Crippen LogP contribution in [-0.2, 0) is 10.3 Å². The van der Waals surface area contributed by atoms with Crippen LogP contribution in [-0.4, -0.2) is 23.7 Å². The lowest BCUT2D eigenvalue weighted by atomic mass is 9.91. The molecule has 0 saturated carbocycles. The summed E-state index contributed by atoms with van der Waals surface area (Å²) in [5.74, 6) is -0.987.